The molecule has 17 heavy (non-hydrogen) atoms. The predicted octanol–water partition coefficient (Wildman–Crippen LogP) is 0.447. The number of rotatable bonds is 0. The lowest BCUT2D eigenvalue weighted by Crippen LogP contribution is -2.34. The molecule has 0 aliphatic rings. The van der Waals surface area contributed by atoms with Crippen molar-refractivity contribution in [2.24, 2.45) is 0 Å². The molecule has 0 saturated carbocycles. The Morgan fingerprint density at radius 3 is 1.35 bits per heavy atom. The predicted molar refractivity (Wildman–Crippen MR) is 54.4 cm³/mol. The van der Waals surface area contributed by atoms with Crippen LogP contribution in [0.3, 0.4) is 0 Å². The summed E-state index contributed by atoms with van der Waals surface area (Å²) < 4.78 is 63.9. The molecule has 0 atom stereocenters. The van der Waals surface area contributed by atoms with Crippen LogP contribution in [0.25, 0.3) is 0 Å². The molecule has 10 heteroatoms. The average Bonchev–Trinajstić information content (AvgIpc) is 2.00. The minimum absolute atomic E-state index is 0.856. The van der Waals surface area contributed by atoms with Gasteiger partial charge in [-0.1, -0.05) is 0 Å². The van der Waals surface area contributed by atoms with Gasteiger partial charge in [-0.25, -0.2) is 12.8 Å². The van der Waals surface area contributed by atoms with Crippen LogP contribution in [-0.4, -0.2) is 69.6 Å². The first-order valence-electron chi connectivity index (χ1n) is 4.12. The molecule has 0 radical (unpaired) electrons. The van der Waals surface area contributed by atoms with Gasteiger partial charge in [-0.3, -0.25) is 9.80 Å². The summed E-state index contributed by atoms with van der Waals surface area (Å²) in [6.07, 6.45) is 0. The SMILES string of the molecule is C[O+]=C(N(C)C)N(C)C.O=S(=O)([O-])C(F)(F)F. The van der Waals surface area contributed by atoms with E-state index in [0.717, 1.165) is 6.03 Å². The second kappa shape index (κ2) is 6.64. The number of alkyl halides is 3. The minimum atomic E-state index is -6.09. The van der Waals surface area contributed by atoms with Gasteiger partial charge in [0, 0.05) is 28.2 Å². The summed E-state index contributed by atoms with van der Waals surface area (Å²) in [6, 6.07) is 0.856. The summed E-state index contributed by atoms with van der Waals surface area (Å²) in [5, 5.41) is 0. The van der Waals surface area contributed by atoms with Gasteiger partial charge in [0.15, 0.2) is 10.1 Å². The zero-order valence-electron chi connectivity index (χ0n) is 10.1. The van der Waals surface area contributed by atoms with E-state index in [2.05, 4.69) is 0 Å². The quantitative estimate of drug-likeness (QED) is 0.367. The van der Waals surface area contributed by atoms with E-state index in [9.17, 15) is 13.2 Å². The third-order valence-electron chi connectivity index (χ3n) is 1.23. The fourth-order valence-electron chi connectivity index (χ4n) is 0.765. The number of urea groups is 1. The van der Waals surface area contributed by atoms with Crippen molar-refractivity contribution in [2.45, 2.75) is 5.51 Å². The molecule has 6 nitrogen and oxygen atoms in total. The van der Waals surface area contributed by atoms with Crippen molar-refractivity contribution in [3.8, 4) is 0 Å². The maximum atomic E-state index is 10.7. The number of amides is 2. The Kier molecular flexibility index (Phi) is 7.17. The van der Waals surface area contributed by atoms with Crippen LogP contribution in [0.15, 0.2) is 0 Å². The Bertz CT molecular complexity index is 339. The Hall–Kier alpha value is -1.03. The number of nitrogens with zero attached hydrogens (tertiary/aromatic N) is 2. The van der Waals surface area contributed by atoms with Gasteiger partial charge in [-0.2, -0.15) is 13.2 Å². The van der Waals surface area contributed by atoms with Gasteiger partial charge in [-0.15, -0.1) is 0 Å². The van der Waals surface area contributed by atoms with Gasteiger partial charge < -0.3 is 4.55 Å². The Morgan fingerprint density at radius 2 is 1.35 bits per heavy atom. The topological polar surface area (TPSA) is 75.0 Å². The molecule has 0 heterocycles. The van der Waals surface area contributed by atoms with Crippen molar-refractivity contribution < 1.29 is 30.6 Å². The maximum absolute atomic E-state index is 10.7. The van der Waals surface area contributed by atoms with E-state index >= 15 is 0 Å². The second-order valence-corrected chi connectivity index (χ2v) is 4.55. The van der Waals surface area contributed by atoms with E-state index in [1.807, 2.05) is 38.0 Å². The molecule has 0 N–H and O–H groups in total. The highest BCUT2D eigenvalue weighted by molar-refractivity contribution is 7.86. The largest absolute Gasteiger partial charge is 0.741 e. The van der Waals surface area contributed by atoms with Gasteiger partial charge in [0.25, 0.3) is 7.11 Å². The van der Waals surface area contributed by atoms with Crippen molar-refractivity contribution in [2.75, 3.05) is 35.3 Å². The van der Waals surface area contributed by atoms with E-state index < -0.39 is 15.6 Å². The summed E-state index contributed by atoms with van der Waals surface area (Å²) in [5.41, 5.74) is -5.65. The summed E-state index contributed by atoms with van der Waals surface area (Å²) in [7, 11) is 3.34. The second-order valence-electron chi connectivity index (χ2n) is 3.18. The van der Waals surface area contributed by atoms with Crippen LogP contribution in [-0.2, 0) is 10.1 Å². The lowest BCUT2D eigenvalue weighted by molar-refractivity contribution is -0.104. The van der Waals surface area contributed by atoms with Crippen LogP contribution < -0.4 is 0 Å². The highest BCUT2D eigenvalue weighted by Gasteiger charge is 2.36. The van der Waals surface area contributed by atoms with Crippen LogP contribution in [0.4, 0.5) is 17.6 Å². The van der Waals surface area contributed by atoms with Crippen LogP contribution in [0.5, 0.6) is 0 Å². The van der Waals surface area contributed by atoms with E-state index in [1.165, 1.54) is 0 Å². The van der Waals surface area contributed by atoms with Gasteiger partial charge in [-0.05, 0) is 0 Å². The zero-order chi connectivity index (χ0) is 14.4. The first-order chi connectivity index (χ1) is 7.34. The standard InChI is InChI=1S/C6H15N2O.CHF3O3S/c1-7(2)6(9-5)8(3)4;2-1(3,4)8(5,6)7/h1-5H3;(H,5,6,7)/q+1;/p-1. The molecule has 0 bridgehead atoms. The van der Waals surface area contributed by atoms with Gasteiger partial charge in [0.1, 0.15) is 0 Å². The third-order valence-corrected chi connectivity index (χ3v) is 1.80. The normalized spacial score (nSPS) is 11.1. The zero-order valence-corrected chi connectivity index (χ0v) is 10.9. The van der Waals surface area contributed by atoms with Crippen molar-refractivity contribution in [1.82, 2.24) is 9.80 Å². The molecular weight excluding hydrogens is 265 g/mol. The maximum Gasteiger partial charge on any atom is 0.503 e. The van der Waals surface area contributed by atoms with Crippen LogP contribution >= 0.6 is 0 Å². The fourth-order valence-corrected chi connectivity index (χ4v) is 0.765. The van der Waals surface area contributed by atoms with Crippen molar-refractivity contribution >= 4 is 16.1 Å². The molecule has 0 aromatic rings. The summed E-state index contributed by atoms with van der Waals surface area (Å²) in [4.78, 5) is 3.83. The molecule has 0 spiro atoms. The molecule has 0 aliphatic carbocycles. The first-order valence-corrected chi connectivity index (χ1v) is 5.53. The monoisotopic (exact) mass is 280 g/mol. The fraction of sp³-hybridized carbons (Fsp3) is 0.857. The summed E-state index contributed by atoms with van der Waals surface area (Å²) >= 11 is 0. The summed E-state index contributed by atoms with van der Waals surface area (Å²) in [6.45, 7) is 0. The molecule has 2 amide bonds. The van der Waals surface area contributed by atoms with Crippen LogP contribution in [0.2, 0.25) is 0 Å². The van der Waals surface area contributed by atoms with Gasteiger partial charge in [0.05, 0.1) is 0 Å². The molecule has 0 aromatic carbocycles. The van der Waals surface area contributed by atoms with Crippen LogP contribution in [0.1, 0.15) is 0 Å². The van der Waals surface area contributed by atoms with Crippen LogP contribution in [0, 0.1) is 0 Å². The van der Waals surface area contributed by atoms with E-state index in [4.69, 9.17) is 17.4 Å². The van der Waals surface area contributed by atoms with E-state index in [1.54, 1.807) is 7.11 Å². The average molecular weight is 280 g/mol. The molecule has 0 aromatic heterocycles. The molecule has 0 saturated heterocycles. The first kappa shape index (κ1) is 18.3. The highest BCUT2D eigenvalue weighted by Crippen LogP contribution is 2.20. The van der Waals surface area contributed by atoms with E-state index in [-0.39, 0.29) is 0 Å². The van der Waals surface area contributed by atoms with Crippen molar-refractivity contribution in [3.05, 3.63) is 0 Å². The lowest BCUT2D eigenvalue weighted by atomic mass is 10.7. The number of hydrogen-bond donors (Lipinski definition) is 0. The lowest BCUT2D eigenvalue weighted by Gasteiger charge is -2.11. The molecule has 0 fully saturated rings. The number of carbonyl (C=O) groups excluding carboxylic acids is 1. The van der Waals surface area contributed by atoms with Crippen molar-refractivity contribution in [1.29, 1.82) is 0 Å². The molecular formula is C7H15F3N2O4S. The third kappa shape index (κ3) is 7.80. The van der Waals surface area contributed by atoms with E-state index in [0.29, 0.717) is 0 Å². The number of hydrogen-bond acceptors (Lipinski definition) is 3. The highest BCUT2D eigenvalue weighted by atomic mass is 32.2. The molecule has 0 aliphatic heterocycles. The van der Waals surface area contributed by atoms with Crippen molar-refractivity contribution in [3.63, 3.8) is 0 Å². The summed E-state index contributed by atoms with van der Waals surface area (Å²) in [5.74, 6) is 0. The number of halogens is 3. The minimum Gasteiger partial charge on any atom is -0.741 e. The Morgan fingerprint density at radius 1 is 1.12 bits per heavy atom. The smallest absolute Gasteiger partial charge is 0.503 e. The van der Waals surface area contributed by atoms with Gasteiger partial charge in [0.2, 0.25) is 0 Å². The Balaban J connectivity index is 0. The molecule has 104 valence electrons. The molecule has 0 rings (SSSR count). The Labute approximate surface area is 98.1 Å². The van der Waals surface area contributed by atoms with Gasteiger partial charge >= 0.3 is 11.5 Å². The molecule has 0 unspecified atom stereocenters.